The zero-order chi connectivity index (χ0) is 12.8. The van der Waals surface area contributed by atoms with Gasteiger partial charge in [0, 0.05) is 19.5 Å². The van der Waals surface area contributed by atoms with Gasteiger partial charge in [-0.25, -0.2) is 0 Å². The summed E-state index contributed by atoms with van der Waals surface area (Å²) in [5, 5.41) is 0. The first-order valence-electron chi connectivity index (χ1n) is 7.00. The van der Waals surface area contributed by atoms with Gasteiger partial charge in [-0.05, 0) is 37.8 Å². The summed E-state index contributed by atoms with van der Waals surface area (Å²) in [7, 11) is 0. The molecule has 2 rings (SSSR count). The van der Waals surface area contributed by atoms with Gasteiger partial charge in [0.25, 0.3) is 0 Å². The molecule has 1 aliphatic rings. The van der Waals surface area contributed by atoms with Gasteiger partial charge in [-0.1, -0.05) is 36.8 Å². The van der Waals surface area contributed by atoms with Crippen molar-refractivity contribution in [3.63, 3.8) is 0 Å². The summed E-state index contributed by atoms with van der Waals surface area (Å²) in [6.45, 7) is 4.99. The van der Waals surface area contributed by atoms with Gasteiger partial charge in [0.15, 0.2) is 0 Å². The minimum absolute atomic E-state index is 0.335. The predicted octanol–water partition coefficient (Wildman–Crippen LogP) is 3.27. The average Bonchev–Trinajstić information content (AvgIpc) is 2.55. The minimum Gasteiger partial charge on any atom is -0.300 e. The highest BCUT2D eigenvalue weighted by Gasteiger charge is 2.19. The number of rotatable bonds is 4. The SMILES string of the molecule is CC(=O)CC1CCCCN(Cc2ccccc2)C1. The van der Waals surface area contributed by atoms with Crippen LogP contribution in [0.2, 0.25) is 0 Å². The molecule has 18 heavy (non-hydrogen) atoms. The zero-order valence-electron chi connectivity index (χ0n) is 11.3. The fraction of sp³-hybridized carbons (Fsp3) is 0.562. The van der Waals surface area contributed by atoms with Crippen molar-refractivity contribution in [2.24, 2.45) is 5.92 Å². The monoisotopic (exact) mass is 245 g/mol. The minimum atomic E-state index is 0.335. The maximum Gasteiger partial charge on any atom is 0.130 e. The van der Waals surface area contributed by atoms with Gasteiger partial charge in [-0.3, -0.25) is 4.90 Å². The molecule has 1 saturated heterocycles. The van der Waals surface area contributed by atoms with Gasteiger partial charge in [-0.15, -0.1) is 0 Å². The normalized spacial score (nSPS) is 21.5. The first-order chi connectivity index (χ1) is 8.74. The van der Waals surface area contributed by atoms with E-state index in [9.17, 15) is 4.79 Å². The molecular weight excluding hydrogens is 222 g/mol. The van der Waals surface area contributed by atoms with E-state index >= 15 is 0 Å². The number of hydrogen-bond acceptors (Lipinski definition) is 2. The fourth-order valence-corrected chi connectivity index (χ4v) is 2.87. The average molecular weight is 245 g/mol. The molecule has 0 spiro atoms. The molecular formula is C16H23NO. The zero-order valence-corrected chi connectivity index (χ0v) is 11.3. The molecule has 0 aliphatic carbocycles. The van der Waals surface area contributed by atoms with Crippen LogP contribution in [0.4, 0.5) is 0 Å². The number of carbonyl (C=O) groups excluding carboxylic acids is 1. The predicted molar refractivity (Wildman–Crippen MR) is 74.4 cm³/mol. The molecule has 1 aromatic rings. The van der Waals surface area contributed by atoms with Crippen molar-refractivity contribution in [2.45, 2.75) is 39.2 Å². The lowest BCUT2D eigenvalue weighted by molar-refractivity contribution is -0.118. The van der Waals surface area contributed by atoms with E-state index in [0.29, 0.717) is 11.7 Å². The maximum atomic E-state index is 11.3. The Kier molecular flexibility index (Phi) is 4.94. The number of carbonyl (C=O) groups is 1. The third-order valence-electron chi connectivity index (χ3n) is 3.68. The lowest BCUT2D eigenvalue weighted by atomic mass is 9.97. The molecule has 0 N–H and O–H groups in total. The topological polar surface area (TPSA) is 20.3 Å². The van der Waals surface area contributed by atoms with E-state index in [1.807, 2.05) is 0 Å². The first kappa shape index (κ1) is 13.3. The number of hydrogen-bond donors (Lipinski definition) is 0. The molecule has 0 bridgehead atoms. The summed E-state index contributed by atoms with van der Waals surface area (Å²) < 4.78 is 0. The Labute approximate surface area is 110 Å². The molecule has 1 heterocycles. The molecule has 2 nitrogen and oxygen atoms in total. The van der Waals surface area contributed by atoms with Crippen molar-refractivity contribution in [3.8, 4) is 0 Å². The van der Waals surface area contributed by atoms with Gasteiger partial charge >= 0.3 is 0 Å². The number of benzene rings is 1. The quantitative estimate of drug-likeness (QED) is 0.811. The third-order valence-corrected chi connectivity index (χ3v) is 3.68. The number of ketones is 1. The summed E-state index contributed by atoms with van der Waals surface area (Å²) in [6, 6.07) is 10.6. The van der Waals surface area contributed by atoms with Crippen LogP contribution >= 0.6 is 0 Å². The fourth-order valence-electron chi connectivity index (χ4n) is 2.87. The van der Waals surface area contributed by atoms with Crippen molar-refractivity contribution < 1.29 is 4.79 Å². The molecule has 0 amide bonds. The molecule has 0 saturated carbocycles. The van der Waals surface area contributed by atoms with Crippen LogP contribution in [0.5, 0.6) is 0 Å². The summed E-state index contributed by atoms with van der Waals surface area (Å²) in [4.78, 5) is 13.8. The van der Waals surface area contributed by atoms with Crippen molar-refractivity contribution >= 4 is 5.78 Å². The van der Waals surface area contributed by atoms with E-state index in [1.165, 1.54) is 31.4 Å². The van der Waals surface area contributed by atoms with Gasteiger partial charge in [-0.2, -0.15) is 0 Å². The van der Waals surface area contributed by atoms with Crippen LogP contribution in [-0.4, -0.2) is 23.8 Å². The van der Waals surface area contributed by atoms with E-state index in [2.05, 4.69) is 35.2 Å². The smallest absolute Gasteiger partial charge is 0.130 e. The molecule has 1 aromatic carbocycles. The molecule has 98 valence electrons. The Morgan fingerprint density at radius 1 is 1.28 bits per heavy atom. The third kappa shape index (κ3) is 4.26. The van der Waals surface area contributed by atoms with E-state index in [1.54, 1.807) is 6.92 Å². The van der Waals surface area contributed by atoms with Gasteiger partial charge in [0.05, 0.1) is 0 Å². The second-order valence-electron chi connectivity index (χ2n) is 5.49. The highest BCUT2D eigenvalue weighted by molar-refractivity contribution is 5.75. The van der Waals surface area contributed by atoms with Crippen molar-refractivity contribution in [1.29, 1.82) is 0 Å². The molecule has 1 fully saturated rings. The van der Waals surface area contributed by atoms with Crippen LogP contribution in [0.25, 0.3) is 0 Å². The van der Waals surface area contributed by atoms with Gasteiger partial charge < -0.3 is 4.79 Å². The summed E-state index contributed by atoms with van der Waals surface area (Å²) in [5.74, 6) is 0.898. The maximum absolute atomic E-state index is 11.3. The molecule has 0 aromatic heterocycles. The van der Waals surface area contributed by atoms with E-state index in [-0.39, 0.29) is 0 Å². The van der Waals surface area contributed by atoms with Crippen molar-refractivity contribution in [3.05, 3.63) is 35.9 Å². The van der Waals surface area contributed by atoms with Crippen LogP contribution in [-0.2, 0) is 11.3 Å². The standard InChI is InChI=1S/C16H23NO/c1-14(18)11-16-9-5-6-10-17(13-16)12-15-7-3-2-4-8-15/h2-4,7-8,16H,5-6,9-13H2,1H3. The Bertz CT molecular complexity index is 374. The Morgan fingerprint density at radius 3 is 2.78 bits per heavy atom. The first-order valence-corrected chi connectivity index (χ1v) is 7.00. The van der Waals surface area contributed by atoms with Crippen LogP contribution in [0.1, 0.15) is 38.2 Å². The van der Waals surface area contributed by atoms with E-state index in [0.717, 1.165) is 19.5 Å². The Morgan fingerprint density at radius 2 is 2.06 bits per heavy atom. The van der Waals surface area contributed by atoms with Crippen LogP contribution in [0, 0.1) is 5.92 Å². The Hall–Kier alpha value is -1.15. The van der Waals surface area contributed by atoms with Crippen LogP contribution < -0.4 is 0 Å². The molecule has 2 heteroatoms. The number of nitrogens with zero attached hydrogens (tertiary/aromatic N) is 1. The van der Waals surface area contributed by atoms with Gasteiger partial charge in [0.2, 0.25) is 0 Å². The summed E-state index contributed by atoms with van der Waals surface area (Å²) in [5.41, 5.74) is 1.38. The molecule has 1 aliphatic heterocycles. The lowest BCUT2D eigenvalue weighted by Gasteiger charge is -2.23. The lowest BCUT2D eigenvalue weighted by Crippen LogP contribution is -2.28. The molecule has 1 atom stereocenters. The summed E-state index contributed by atoms with van der Waals surface area (Å²) in [6.07, 6.45) is 4.50. The largest absolute Gasteiger partial charge is 0.300 e. The second kappa shape index (κ2) is 6.69. The van der Waals surface area contributed by atoms with Gasteiger partial charge in [0.1, 0.15) is 5.78 Å². The number of likely N-dealkylation sites (tertiary alicyclic amines) is 1. The molecule has 1 unspecified atom stereocenters. The second-order valence-corrected chi connectivity index (χ2v) is 5.49. The molecule has 0 radical (unpaired) electrons. The van der Waals surface area contributed by atoms with E-state index < -0.39 is 0 Å². The van der Waals surface area contributed by atoms with Crippen molar-refractivity contribution in [1.82, 2.24) is 4.90 Å². The summed E-state index contributed by atoms with van der Waals surface area (Å²) >= 11 is 0. The number of Topliss-reactive ketones (excluding diaryl/α,β-unsaturated/α-hetero) is 1. The van der Waals surface area contributed by atoms with Crippen LogP contribution in [0.3, 0.4) is 0 Å². The van der Waals surface area contributed by atoms with Crippen molar-refractivity contribution in [2.75, 3.05) is 13.1 Å². The van der Waals surface area contributed by atoms with Crippen LogP contribution in [0.15, 0.2) is 30.3 Å². The highest BCUT2D eigenvalue weighted by Crippen LogP contribution is 2.21. The van der Waals surface area contributed by atoms with E-state index in [4.69, 9.17) is 0 Å². The Balaban J connectivity index is 1.92. The highest BCUT2D eigenvalue weighted by atomic mass is 16.1.